The summed E-state index contributed by atoms with van der Waals surface area (Å²) in [6.07, 6.45) is 0. The maximum absolute atomic E-state index is 12.3. The first-order valence-electron chi connectivity index (χ1n) is 8.94. The second-order valence-electron chi connectivity index (χ2n) is 6.99. The van der Waals surface area contributed by atoms with Crippen molar-refractivity contribution in [2.24, 2.45) is 4.99 Å². The summed E-state index contributed by atoms with van der Waals surface area (Å²) in [4.78, 5) is 25.3. The molecule has 0 saturated heterocycles. The van der Waals surface area contributed by atoms with E-state index < -0.39 is 0 Å². The third kappa shape index (κ3) is 7.77. The van der Waals surface area contributed by atoms with Gasteiger partial charge in [-0.2, -0.15) is 0 Å². The van der Waals surface area contributed by atoms with Crippen LogP contribution in [0.5, 0.6) is 0 Å². The molecule has 0 aliphatic carbocycles. The van der Waals surface area contributed by atoms with Crippen molar-refractivity contribution in [3.8, 4) is 0 Å². The van der Waals surface area contributed by atoms with Crippen LogP contribution in [0.2, 0.25) is 0 Å². The second kappa shape index (κ2) is 11.7. The molecule has 0 fully saturated rings. The Hall–Kier alpha value is -0.900. The molecule has 1 aromatic heterocycles. The number of carbonyl (C=O) groups is 1. The zero-order valence-corrected chi connectivity index (χ0v) is 20.3. The van der Waals surface area contributed by atoms with Crippen LogP contribution in [0.4, 0.5) is 0 Å². The number of thiazole rings is 1. The van der Waals surface area contributed by atoms with E-state index in [-0.39, 0.29) is 35.3 Å². The van der Waals surface area contributed by atoms with Gasteiger partial charge in [0, 0.05) is 37.5 Å². The summed E-state index contributed by atoms with van der Waals surface area (Å²) in [5, 5.41) is 6.43. The number of nitrogens with zero attached hydrogens (tertiary/aromatic N) is 4. The zero-order valence-electron chi connectivity index (χ0n) is 17.1. The average Bonchev–Trinajstić information content (AvgIpc) is 3.01. The maximum Gasteiger partial charge on any atom is 0.242 e. The zero-order chi connectivity index (χ0) is 19.0. The Balaban J connectivity index is 0.00000625. The van der Waals surface area contributed by atoms with Crippen molar-refractivity contribution in [1.82, 2.24) is 20.1 Å². The smallest absolute Gasteiger partial charge is 0.242 e. The molecule has 0 unspecified atom stereocenters. The first-order chi connectivity index (χ1) is 11.7. The number of amides is 1. The number of nitrogens with one attached hydrogen (secondary N) is 1. The maximum atomic E-state index is 12.3. The molecule has 1 amide bonds. The standard InChI is InChI=1S/C18H33N5OS.HI/c1-8-19-17(22(7)12-15(24)23(9-2)10-3)20-11-14-13-25-16(21-14)18(4,5)6;/h13H,8-12H2,1-7H3,(H,19,20);1H. The van der Waals surface area contributed by atoms with Gasteiger partial charge in [-0.05, 0) is 20.8 Å². The van der Waals surface area contributed by atoms with Crippen LogP contribution in [0.3, 0.4) is 0 Å². The molecule has 1 aromatic rings. The van der Waals surface area contributed by atoms with E-state index in [1.165, 1.54) is 0 Å². The molecule has 0 aliphatic rings. The molecule has 0 aliphatic heterocycles. The lowest BCUT2D eigenvalue weighted by atomic mass is 9.98. The van der Waals surface area contributed by atoms with Gasteiger partial charge in [-0.15, -0.1) is 35.3 Å². The summed E-state index contributed by atoms with van der Waals surface area (Å²) < 4.78 is 0. The summed E-state index contributed by atoms with van der Waals surface area (Å²) in [6, 6.07) is 0. The molecule has 0 atom stereocenters. The predicted molar refractivity (Wildman–Crippen MR) is 122 cm³/mol. The minimum Gasteiger partial charge on any atom is -0.357 e. The first-order valence-corrected chi connectivity index (χ1v) is 9.82. The van der Waals surface area contributed by atoms with Crippen molar-refractivity contribution in [2.45, 2.75) is 53.5 Å². The average molecular weight is 495 g/mol. The van der Waals surface area contributed by atoms with Gasteiger partial charge < -0.3 is 15.1 Å². The van der Waals surface area contributed by atoms with Gasteiger partial charge in [-0.1, -0.05) is 20.8 Å². The highest BCUT2D eigenvalue weighted by Crippen LogP contribution is 2.25. The molecule has 1 rings (SSSR count). The fourth-order valence-electron chi connectivity index (χ4n) is 2.30. The summed E-state index contributed by atoms with van der Waals surface area (Å²) >= 11 is 1.68. The molecular formula is C18H34IN5OS. The fraction of sp³-hybridized carbons (Fsp3) is 0.722. The van der Waals surface area contributed by atoms with Crippen LogP contribution in [-0.4, -0.2) is 59.9 Å². The molecule has 26 heavy (non-hydrogen) atoms. The molecule has 0 spiro atoms. The van der Waals surface area contributed by atoms with Gasteiger partial charge >= 0.3 is 0 Å². The first kappa shape index (κ1) is 25.1. The molecule has 0 saturated carbocycles. The number of hydrogen-bond donors (Lipinski definition) is 1. The lowest BCUT2D eigenvalue weighted by molar-refractivity contribution is -0.131. The van der Waals surface area contributed by atoms with Crippen LogP contribution < -0.4 is 5.32 Å². The van der Waals surface area contributed by atoms with Crippen molar-refractivity contribution in [2.75, 3.05) is 33.2 Å². The molecule has 0 radical (unpaired) electrons. The number of hydrogen-bond acceptors (Lipinski definition) is 4. The van der Waals surface area contributed by atoms with Gasteiger partial charge in [0.05, 0.1) is 23.8 Å². The van der Waals surface area contributed by atoms with Crippen LogP contribution in [0, 0.1) is 0 Å². The van der Waals surface area contributed by atoms with E-state index in [9.17, 15) is 4.79 Å². The largest absolute Gasteiger partial charge is 0.357 e. The summed E-state index contributed by atoms with van der Waals surface area (Å²) in [6.45, 7) is 15.5. The van der Waals surface area contributed by atoms with Gasteiger partial charge in [0.1, 0.15) is 0 Å². The SMILES string of the molecule is CCNC(=NCc1csc(C(C)(C)C)n1)N(C)CC(=O)N(CC)CC.I. The number of halogens is 1. The normalized spacial score (nSPS) is 11.7. The second-order valence-corrected chi connectivity index (χ2v) is 7.84. The highest BCUT2D eigenvalue weighted by atomic mass is 127. The molecule has 1 heterocycles. The molecule has 0 aromatic carbocycles. The minimum absolute atomic E-state index is 0. The molecular weight excluding hydrogens is 461 g/mol. The van der Waals surface area contributed by atoms with Crippen molar-refractivity contribution in [1.29, 1.82) is 0 Å². The van der Waals surface area contributed by atoms with Crippen molar-refractivity contribution < 1.29 is 4.79 Å². The Morgan fingerprint density at radius 2 is 1.88 bits per heavy atom. The van der Waals surface area contributed by atoms with Crippen LogP contribution >= 0.6 is 35.3 Å². The van der Waals surface area contributed by atoms with Crippen LogP contribution in [0.25, 0.3) is 0 Å². The predicted octanol–water partition coefficient (Wildman–Crippen LogP) is 3.32. The molecule has 8 heteroatoms. The van der Waals surface area contributed by atoms with E-state index in [1.54, 1.807) is 11.3 Å². The van der Waals surface area contributed by atoms with Crippen molar-refractivity contribution >= 4 is 47.2 Å². The lowest BCUT2D eigenvalue weighted by Crippen LogP contribution is -2.45. The monoisotopic (exact) mass is 495 g/mol. The van der Waals surface area contributed by atoms with Gasteiger partial charge in [-0.25, -0.2) is 9.98 Å². The van der Waals surface area contributed by atoms with Gasteiger partial charge in [0.15, 0.2) is 5.96 Å². The van der Waals surface area contributed by atoms with Gasteiger partial charge in [-0.3, -0.25) is 4.79 Å². The Labute approximate surface area is 179 Å². The highest BCUT2D eigenvalue weighted by Gasteiger charge is 2.18. The Bertz CT molecular complexity index is 578. The highest BCUT2D eigenvalue weighted by molar-refractivity contribution is 14.0. The van der Waals surface area contributed by atoms with Crippen LogP contribution in [0.1, 0.15) is 52.2 Å². The third-order valence-corrected chi connectivity index (χ3v) is 5.09. The van der Waals surface area contributed by atoms with Gasteiger partial charge in [0.25, 0.3) is 0 Å². The molecule has 0 bridgehead atoms. The van der Waals surface area contributed by atoms with E-state index in [0.717, 1.165) is 36.3 Å². The van der Waals surface area contributed by atoms with Gasteiger partial charge in [0.2, 0.25) is 5.91 Å². The van der Waals surface area contributed by atoms with Crippen LogP contribution in [0.15, 0.2) is 10.4 Å². The number of aliphatic imine (C=N–C) groups is 1. The topological polar surface area (TPSA) is 60.8 Å². The number of likely N-dealkylation sites (N-methyl/N-ethyl adjacent to an activating group) is 2. The number of guanidine groups is 1. The van der Waals surface area contributed by atoms with E-state index in [1.807, 2.05) is 37.6 Å². The Morgan fingerprint density at radius 1 is 1.27 bits per heavy atom. The quantitative estimate of drug-likeness (QED) is 0.358. The van der Waals surface area contributed by atoms with Crippen molar-refractivity contribution in [3.63, 3.8) is 0 Å². The molecule has 1 N–H and O–H groups in total. The lowest BCUT2D eigenvalue weighted by Gasteiger charge is -2.25. The van der Waals surface area contributed by atoms with Crippen LogP contribution in [-0.2, 0) is 16.8 Å². The number of rotatable bonds is 7. The number of carbonyl (C=O) groups excluding carboxylic acids is 1. The Morgan fingerprint density at radius 3 is 2.35 bits per heavy atom. The summed E-state index contributed by atoms with van der Waals surface area (Å²) in [5.74, 6) is 0.843. The fourth-order valence-corrected chi connectivity index (χ4v) is 3.20. The van der Waals surface area contributed by atoms with Crippen molar-refractivity contribution in [3.05, 3.63) is 16.1 Å². The third-order valence-electron chi connectivity index (χ3n) is 3.77. The molecule has 150 valence electrons. The molecule has 6 nitrogen and oxygen atoms in total. The Kier molecular flexibility index (Phi) is 11.3. The van der Waals surface area contributed by atoms with E-state index in [2.05, 4.69) is 41.4 Å². The number of aromatic nitrogens is 1. The van der Waals surface area contributed by atoms with E-state index in [0.29, 0.717) is 13.1 Å². The summed E-state index contributed by atoms with van der Waals surface area (Å²) in [5.41, 5.74) is 1.03. The van der Waals surface area contributed by atoms with E-state index in [4.69, 9.17) is 0 Å². The van der Waals surface area contributed by atoms with E-state index >= 15 is 0 Å². The minimum atomic E-state index is 0. The summed E-state index contributed by atoms with van der Waals surface area (Å²) in [7, 11) is 1.89.